The molecule has 1 aliphatic heterocycles. The van der Waals surface area contributed by atoms with Crippen LogP contribution in [0.5, 0.6) is 0 Å². The van der Waals surface area contributed by atoms with E-state index in [-0.39, 0.29) is 0 Å². The highest BCUT2D eigenvalue weighted by Gasteiger charge is 2.26. The Kier molecular flexibility index (Phi) is 7.28. The van der Waals surface area contributed by atoms with Gasteiger partial charge < -0.3 is 0 Å². The van der Waals surface area contributed by atoms with Gasteiger partial charge in [0.1, 0.15) is 0 Å². The van der Waals surface area contributed by atoms with Crippen LogP contribution in [0.3, 0.4) is 0 Å². The maximum Gasteiger partial charge on any atom is 0.279 e. The topological polar surface area (TPSA) is 49.4 Å². The van der Waals surface area contributed by atoms with Crippen LogP contribution in [0.15, 0.2) is 0 Å². The van der Waals surface area contributed by atoms with E-state index in [0.717, 1.165) is 30.1 Å². The van der Waals surface area contributed by atoms with Crippen LogP contribution >= 0.6 is 22.6 Å². The molecule has 0 saturated carbocycles. The number of hydrogen-bond donors (Lipinski definition) is 1. The highest BCUT2D eigenvalue weighted by atomic mass is 127. The fraction of sp³-hybridized carbons (Fsp3) is 1.00. The normalized spacial score (nSPS) is 22.8. The number of rotatable bonds is 7. The maximum atomic E-state index is 12.0. The quantitative estimate of drug-likeness (QED) is 0.422. The van der Waals surface area contributed by atoms with Crippen molar-refractivity contribution in [3.05, 3.63) is 0 Å². The number of alkyl halides is 1. The summed E-state index contributed by atoms with van der Waals surface area (Å²) in [5.74, 6) is 0.486. The molecular formula is C11H23IN2O2S. The van der Waals surface area contributed by atoms with Gasteiger partial charge in [-0.25, -0.2) is 4.72 Å². The van der Waals surface area contributed by atoms with Crippen molar-refractivity contribution < 1.29 is 8.42 Å². The van der Waals surface area contributed by atoms with Crippen molar-refractivity contribution in [3.8, 4) is 0 Å². The Bertz CT molecular complexity index is 309. The molecular weight excluding hydrogens is 351 g/mol. The number of unbranched alkanes of at least 4 members (excludes halogenated alkanes) is 2. The van der Waals surface area contributed by atoms with Gasteiger partial charge in [0.25, 0.3) is 10.2 Å². The van der Waals surface area contributed by atoms with E-state index in [1.54, 1.807) is 4.31 Å². The van der Waals surface area contributed by atoms with Crippen LogP contribution in [0.2, 0.25) is 0 Å². The van der Waals surface area contributed by atoms with Crippen molar-refractivity contribution in [2.45, 2.75) is 39.0 Å². The second-order valence-electron chi connectivity index (χ2n) is 4.75. The summed E-state index contributed by atoms with van der Waals surface area (Å²) in [7, 11) is -3.22. The van der Waals surface area contributed by atoms with Gasteiger partial charge in [0, 0.05) is 19.6 Å². The molecule has 0 bridgehead atoms. The highest BCUT2D eigenvalue weighted by Crippen LogP contribution is 2.17. The molecule has 1 N–H and O–H groups in total. The fourth-order valence-corrected chi connectivity index (χ4v) is 4.00. The fourth-order valence-electron chi connectivity index (χ4n) is 2.05. The standard InChI is InChI=1S/C11H23IN2O2S/c1-11-6-5-9-14(10-11)17(15,16)13-8-4-2-3-7-12/h11,13H,2-10H2,1H3. The molecule has 17 heavy (non-hydrogen) atoms. The lowest BCUT2D eigenvalue weighted by molar-refractivity contribution is 0.278. The minimum Gasteiger partial charge on any atom is -0.202 e. The Balaban J connectivity index is 2.29. The monoisotopic (exact) mass is 374 g/mol. The van der Waals surface area contributed by atoms with Crippen molar-refractivity contribution in [2.24, 2.45) is 5.92 Å². The second kappa shape index (κ2) is 7.91. The number of nitrogens with zero attached hydrogens (tertiary/aromatic N) is 1. The van der Waals surface area contributed by atoms with Gasteiger partial charge in [-0.1, -0.05) is 35.9 Å². The largest absolute Gasteiger partial charge is 0.279 e. The van der Waals surface area contributed by atoms with E-state index < -0.39 is 10.2 Å². The van der Waals surface area contributed by atoms with Crippen LogP contribution in [0, 0.1) is 5.92 Å². The first-order chi connectivity index (χ1) is 8.06. The lowest BCUT2D eigenvalue weighted by atomic mass is 10.0. The molecule has 0 aliphatic carbocycles. The number of piperidine rings is 1. The molecule has 0 spiro atoms. The maximum absolute atomic E-state index is 12.0. The van der Waals surface area contributed by atoms with Crippen LogP contribution in [-0.2, 0) is 10.2 Å². The predicted molar refractivity (Wildman–Crippen MR) is 79.6 cm³/mol. The van der Waals surface area contributed by atoms with Gasteiger partial charge in [0.05, 0.1) is 0 Å². The molecule has 0 radical (unpaired) electrons. The van der Waals surface area contributed by atoms with Crippen LogP contribution in [0.25, 0.3) is 0 Å². The summed E-state index contributed by atoms with van der Waals surface area (Å²) in [5.41, 5.74) is 0. The lowest BCUT2D eigenvalue weighted by Crippen LogP contribution is -2.45. The Morgan fingerprint density at radius 2 is 2.12 bits per heavy atom. The number of nitrogens with one attached hydrogen (secondary N) is 1. The molecule has 0 aromatic carbocycles. The van der Waals surface area contributed by atoms with Gasteiger partial charge in [-0.05, 0) is 36.0 Å². The van der Waals surface area contributed by atoms with E-state index in [4.69, 9.17) is 0 Å². The summed E-state index contributed by atoms with van der Waals surface area (Å²) >= 11 is 2.35. The molecule has 1 aliphatic rings. The third kappa shape index (κ3) is 5.85. The summed E-state index contributed by atoms with van der Waals surface area (Å²) in [5, 5.41) is 0. The van der Waals surface area contributed by atoms with Crippen molar-refractivity contribution in [3.63, 3.8) is 0 Å². The molecule has 1 rings (SSSR count). The Morgan fingerprint density at radius 3 is 2.76 bits per heavy atom. The van der Waals surface area contributed by atoms with Gasteiger partial charge in [-0.2, -0.15) is 12.7 Å². The van der Waals surface area contributed by atoms with Gasteiger partial charge >= 0.3 is 0 Å². The van der Waals surface area contributed by atoms with Crippen LogP contribution in [-0.4, -0.2) is 36.8 Å². The Morgan fingerprint density at radius 1 is 1.35 bits per heavy atom. The van der Waals surface area contributed by atoms with E-state index in [1.165, 1.54) is 6.42 Å². The Hall–Kier alpha value is 0.600. The molecule has 1 unspecified atom stereocenters. The van der Waals surface area contributed by atoms with Gasteiger partial charge in [0.15, 0.2) is 0 Å². The lowest BCUT2D eigenvalue weighted by Gasteiger charge is -2.29. The smallest absolute Gasteiger partial charge is 0.202 e. The van der Waals surface area contributed by atoms with E-state index in [0.29, 0.717) is 25.6 Å². The second-order valence-corrected chi connectivity index (χ2v) is 7.59. The number of halogens is 1. The first-order valence-corrected chi connectivity index (χ1v) is 9.33. The molecule has 6 heteroatoms. The summed E-state index contributed by atoms with van der Waals surface area (Å²) in [6, 6.07) is 0. The van der Waals surface area contributed by atoms with E-state index >= 15 is 0 Å². The third-order valence-corrected chi connectivity index (χ3v) is 5.40. The molecule has 4 nitrogen and oxygen atoms in total. The molecule has 1 fully saturated rings. The van der Waals surface area contributed by atoms with Crippen molar-refractivity contribution >= 4 is 32.8 Å². The zero-order valence-electron chi connectivity index (χ0n) is 10.5. The zero-order chi connectivity index (χ0) is 12.7. The van der Waals surface area contributed by atoms with Crippen LogP contribution in [0.1, 0.15) is 39.0 Å². The predicted octanol–water partition coefficient (Wildman–Crippen LogP) is 2.16. The van der Waals surface area contributed by atoms with Crippen molar-refractivity contribution in [1.82, 2.24) is 9.03 Å². The molecule has 0 amide bonds. The molecule has 0 aromatic rings. The minimum atomic E-state index is -3.22. The molecule has 1 atom stereocenters. The van der Waals surface area contributed by atoms with Crippen LogP contribution in [0.4, 0.5) is 0 Å². The number of hydrogen-bond acceptors (Lipinski definition) is 2. The minimum absolute atomic E-state index is 0.486. The molecule has 102 valence electrons. The summed E-state index contributed by atoms with van der Waals surface area (Å²) < 4.78 is 29.4. The average molecular weight is 374 g/mol. The first-order valence-electron chi connectivity index (χ1n) is 6.37. The molecule has 0 aromatic heterocycles. The van der Waals surface area contributed by atoms with Crippen molar-refractivity contribution in [2.75, 3.05) is 24.1 Å². The highest BCUT2D eigenvalue weighted by molar-refractivity contribution is 14.1. The molecule has 1 heterocycles. The first kappa shape index (κ1) is 15.7. The zero-order valence-corrected chi connectivity index (χ0v) is 13.5. The van der Waals surface area contributed by atoms with Crippen molar-refractivity contribution in [1.29, 1.82) is 0 Å². The molecule has 1 saturated heterocycles. The Labute approximate surface area is 119 Å². The van der Waals surface area contributed by atoms with Gasteiger partial charge in [-0.15, -0.1) is 0 Å². The van der Waals surface area contributed by atoms with Gasteiger partial charge in [-0.3, -0.25) is 0 Å². The third-order valence-electron chi connectivity index (χ3n) is 3.05. The summed E-state index contributed by atoms with van der Waals surface area (Å²) in [4.78, 5) is 0. The SMILES string of the molecule is CC1CCCN(S(=O)(=O)NCCCCCI)C1. The van der Waals surface area contributed by atoms with E-state index in [2.05, 4.69) is 34.2 Å². The van der Waals surface area contributed by atoms with E-state index in [9.17, 15) is 8.42 Å². The average Bonchev–Trinajstić information content (AvgIpc) is 2.29. The van der Waals surface area contributed by atoms with Crippen LogP contribution < -0.4 is 4.72 Å². The summed E-state index contributed by atoms with van der Waals surface area (Å²) in [6.45, 7) is 4.03. The van der Waals surface area contributed by atoms with E-state index in [1.807, 2.05) is 0 Å². The van der Waals surface area contributed by atoms with Gasteiger partial charge in [0.2, 0.25) is 0 Å². The summed E-state index contributed by atoms with van der Waals surface area (Å²) in [6.07, 6.45) is 5.33.